The Hall–Kier alpha value is -1.42. The van der Waals surface area contributed by atoms with E-state index in [1.54, 1.807) is 12.1 Å². The summed E-state index contributed by atoms with van der Waals surface area (Å²) >= 11 is 0. The van der Waals surface area contributed by atoms with Crippen LogP contribution in [0, 0.1) is 11.2 Å². The first kappa shape index (κ1) is 15.6. The van der Waals surface area contributed by atoms with E-state index in [4.69, 9.17) is 5.73 Å². The van der Waals surface area contributed by atoms with Crippen LogP contribution in [-0.2, 0) is 11.2 Å². The summed E-state index contributed by atoms with van der Waals surface area (Å²) in [6.07, 6.45) is 1.01. The molecule has 3 N–H and O–H groups in total. The highest BCUT2D eigenvalue weighted by Crippen LogP contribution is 2.21. The molecule has 1 rings (SSSR count). The van der Waals surface area contributed by atoms with Gasteiger partial charge in [-0.3, -0.25) is 4.79 Å². The number of nitrogens with one attached hydrogen (secondary N) is 1. The fourth-order valence-corrected chi connectivity index (χ4v) is 1.92. The van der Waals surface area contributed by atoms with Crippen LogP contribution >= 0.6 is 0 Å². The van der Waals surface area contributed by atoms with Gasteiger partial charge in [-0.1, -0.05) is 32.9 Å². The van der Waals surface area contributed by atoms with Gasteiger partial charge in [0.05, 0.1) is 6.42 Å². The molecule has 106 valence electrons. The molecule has 0 fully saturated rings. The van der Waals surface area contributed by atoms with Gasteiger partial charge in [0.15, 0.2) is 0 Å². The maximum Gasteiger partial charge on any atom is 0.224 e. The van der Waals surface area contributed by atoms with Crippen molar-refractivity contribution in [3.05, 3.63) is 35.6 Å². The van der Waals surface area contributed by atoms with Gasteiger partial charge >= 0.3 is 0 Å². The van der Waals surface area contributed by atoms with E-state index in [1.807, 2.05) is 0 Å². The normalized spacial score (nSPS) is 13.1. The summed E-state index contributed by atoms with van der Waals surface area (Å²) in [5, 5.41) is 3.01. The molecular weight excluding hydrogens is 243 g/mol. The molecule has 0 spiro atoms. The van der Waals surface area contributed by atoms with Gasteiger partial charge in [-0.25, -0.2) is 4.39 Å². The first-order chi connectivity index (χ1) is 8.82. The Kier molecular flexibility index (Phi) is 5.48. The topological polar surface area (TPSA) is 55.1 Å². The lowest BCUT2D eigenvalue weighted by Crippen LogP contribution is -2.45. The van der Waals surface area contributed by atoms with Crippen LogP contribution in [-0.4, -0.2) is 18.5 Å². The molecule has 19 heavy (non-hydrogen) atoms. The Morgan fingerprint density at radius 1 is 1.32 bits per heavy atom. The first-order valence-corrected chi connectivity index (χ1v) is 6.57. The van der Waals surface area contributed by atoms with E-state index >= 15 is 0 Å². The van der Waals surface area contributed by atoms with Gasteiger partial charge in [-0.05, 0) is 36.1 Å². The van der Waals surface area contributed by atoms with E-state index in [0.29, 0.717) is 6.54 Å². The van der Waals surface area contributed by atoms with Crippen LogP contribution in [0.25, 0.3) is 0 Å². The van der Waals surface area contributed by atoms with Gasteiger partial charge in [0.2, 0.25) is 5.91 Å². The fourth-order valence-electron chi connectivity index (χ4n) is 1.92. The van der Waals surface area contributed by atoms with Crippen LogP contribution in [0.1, 0.15) is 32.8 Å². The predicted molar refractivity (Wildman–Crippen MR) is 75.2 cm³/mol. The Morgan fingerprint density at radius 3 is 2.37 bits per heavy atom. The highest BCUT2D eigenvalue weighted by atomic mass is 19.1. The molecule has 4 heteroatoms. The Morgan fingerprint density at radius 2 is 1.89 bits per heavy atom. The molecule has 0 saturated carbocycles. The van der Waals surface area contributed by atoms with Crippen molar-refractivity contribution in [3.63, 3.8) is 0 Å². The van der Waals surface area contributed by atoms with Crippen molar-refractivity contribution in [1.82, 2.24) is 5.32 Å². The van der Waals surface area contributed by atoms with E-state index in [-0.39, 0.29) is 29.6 Å². The predicted octanol–water partition coefficient (Wildman–Crippen LogP) is 2.25. The van der Waals surface area contributed by atoms with Crippen LogP contribution in [0.4, 0.5) is 4.39 Å². The number of amides is 1. The zero-order valence-corrected chi connectivity index (χ0v) is 11.9. The second-order valence-corrected chi connectivity index (χ2v) is 5.87. The molecule has 1 aromatic carbocycles. The van der Waals surface area contributed by atoms with Crippen molar-refractivity contribution in [1.29, 1.82) is 0 Å². The Balaban J connectivity index is 2.60. The van der Waals surface area contributed by atoms with Gasteiger partial charge in [0.1, 0.15) is 5.82 Å². The molecular formula is C15H23FN2O. The summed E-state index contributed by atoms with van der Waals surface area (Å²) in [4.78, 5) is 12.0. The van der Waals surface area contributed by atoms with Crippen LogP contribution in [0.5, 0.6) is 0 Å². The monoisotopic (exact) mass is 266 g/mol. The lowest BCUT2D eigenvalue weighted by atomic mass is 9.84. The average molecular weight is 266 g/mol. The SMILES string of the molecule is CC(C)(C)C(CCN)NC(=O)Cc1ccc(F)cc1. The molecule has 0 heterocycles. The molecule has 0 aromatic heterocycles. The van der Waals surface area contributed by atoms with Gasteiger partial charge in [0, 0.05) is 6.04 Å². The summed E-state index contributed by atoms with van der Waals surface area (Å²) in [5.41, 5.74) is 6.35. The van der Waals surface area contributed by atoms with E-state index in [9.17, 15) is 9.18 Å². The number of carbonyl (C=O) groups excluding carboxylic acids is 1. The van der Waals surface area contributed by atoms with Crippen molar-refractivity contribution in [3.8, 4) is 0 Å². The molecule has 0 aliphatic rings. The summed E-state index contributed by atoms with van der Waals surface area (Å²) < 4.78 is 12.8. The van der Waals surface area contributed by atoms with Crippen molar-refractivity contribution >= 4 is 5.91 Å². The van der Waals surface area contributed by atoms with Crippen molar-refractivity contribution in [2.24, 2.45) is 11.1 Å². The number of rotatable bonds is 5. The minimum atomic E-state index is -0.292. The Bertz CT molecular complexity index is 409. The quantitative estimate of drug-likeness (QED) is 0.859. The number of benzene rings is 1. The maximum absolute atomic E-state index is 12.8. The van der Waals surface area contributed by atoms with Crippen LogP contribution in [0.15, 0.2) is 24.3 Å². The zero-order chi connectivity index (χ0) is 14.5. The van der Waals surface area contributed by atoms with Gasteiger partial charge in [0.25, 0.3) is 0 Å². The minimum Gasteiger partial charge on any atom is -0.353 e. The molecule has 0 radical (unpaired) electrons. The van der Waals surface area contributed by atoms with Gasteiger partial charge < -0.3 is 11.1 Å². The third-order valence-electron chi connectivity index (χ3n) is 3.11. The van der Waals surface area contributed by atoms with E-state index in [2.05, 4.69) is 26.1 Å². The average Bonchev–Trinajstić information content (AvgIpc) is 2.30. The highest BCUT2D eigenvalue weighted by Gasteiger charge is 2.25. The molecule has 1 atom stereocenters. The van der Waals surface area contributed by atoms with E-state index in [1.165, 1.54) is 12.1 Å². The second-order valence-electron chi connectivity index (χ2n) is 5.87. The maximum atomic E-state index is 12.8. The molecule has 0 aliphatic carbocycles. The first-order valence-electron chi connectivity index (χ1n) is 6.57. The number of hydrogen-bond donors (Lipinski definition) is 2. The van der Waals surface area contributed by atoms with Crippen molar-refractivity contribution < 1.29 is 9.18 Å². The molecule has 0 bridgehead atoms. The Labute approximate surface area is 114 Å². The smallest absolute Gasteiger partial charge is 0.224 e. The van der Waals surface area contributed by atoms with Crippen molar-refractivity contribution in [2.45, 2.75) is 39.7 Å². The van der Waals surface area contributed by atoms with E-state index in [0.717, 1.165) is 12.0 Å². The highest BCUT2D eigenvalue weighted by molar-refractivity contribution is 5.78. The van der Waals surface area contributed by atoms with Crippen molar-refractivity contribution in [2.75, 3.05) is 6.54 Å². The number of hydrogen-bond acceptors (Lipinski definition) is 2. The van der Waals surface area contributed by atoms with E-state index < -0.39 is 0 Å². The fraction of sp³-hybridized carbons (Fsp3) is 0.533. The summed E-state index contributed by atoms with van der Waals surface area (Å²) in [6.45, 7) is 6.77. The molecule has 1 aromatic rings. The largest absolute Gasteiger partial charge is 0.353 e. The number of nitrogens with two attached hydrogens (primary N) is 1. The number of halogens is 1. The third kappa shape index (κ3) is 5.39. The standard InChI is InChI=1S/C15H23FN2O/c1-15(2,3)13(8-9-17)18-14(19)10-11-4-6-12(16)7-5-11/h4-7,13H,8-10,17H2,1-3H3,(H,18,19). The van der Waals surface area contributed by atoms with Crippen LogP contribution in [0.2, 0.25) is 0 Å². The van der Waals surface area contributed by atoms with Gasteiger partial charge in [-0.15, -0.1) is 0 Å². The summed E-state index contributed by atoms with van der Waals surface area (Å²) in [6, 6.07) is 6.03. The lowest BCUT2D eigenvalue weighted by molar-refractivity contribution is -0.121. The minimum absolute atomic E-state index is 0.0299. The van der Waals surface area contributed by atoms with Gasteiger partial charge in [-0.2, -0.15) is 0 Å². The molecule has 0 aliphatic heterocycles. The van der Waals surface area contributed by atoms with Crippen LogP contribution < -0.4 is 11.1 Å². The summed E-state index contributed by atoms with van der Waals surface area (Å²) in [5.74, 6) is -0.347. The van der Waals surface area contributed by atoms with Crippen LogP contribution in [0.3, 0.4) is 0 Å². The second kappa shape index (κ2) is 6.66. The molecule has 3 nitrogen and oxygen atoms in total. The molecule has 1 amide bonds. The zero-order valence-electron chi connectivity index (χ0n) is 11.9. The number of carbonyl (C=O) groups is 1. The molecule has 0 saturated heterocycles. The molecule has 1 unspecified atom stereocenters. The summed E-state index contributed by atoms with van der Waals surface area (Å²) in [7, 11) is 0. The third-order valence-corrected chi connectivity index (χ3v) is 3.11. The lowest BCUT2D eigenvalue weighted by Gasteiger charge is -2.31.